The Balaban J connectivity index is 1.74. The summed E-state index contributed by atoms with van der Waals surface area (Å²) in [4.78, 5) is 26.0. The van der Waals surface area contributed by atoms with Crippen molar-refractivity contribution in [2.75, 3.05) is 6.61 Å². The summed E-state index contributed by atoms with van der Waals surface area (Å²) in [6, 6.07) is 3.48. The third-order valence-electron chi connectivity index (χ3n) is 3.22. The highest BCUT2D eigenvalue weighted by molar-refractivity contribution is 5.77. The van der Waals surface area contributed by atoms with Gasteiger partial charge in [-0.1, -0.05) is 19.3 Å². The predicted molar refractivity (Wildman–Crippen MR) is 70.1 cm³/mol. The fourth-order valence-electron chi connectivity index (χ4n) is 2.21. The summed E-state index contributed by atoms with van der Waals surface area (Å²) in [7, 11) is 0. The third-order valence-corrected chi connectivity index (χ3v) is 3.22. The molecule has 5 heteroatoms. The Hall–Kier alpha value is -1.91. The molecule has 0 aliphatic heterocycles. The van der Waals surface area contributed by atoms with Crippen molar-refractivity contribution < 1.29 is 14.3 Å². The number of pyridine rings is 1. The van der Waals surface area contributed by atoms with Crippen LogP contribution in [0.25, 0.3) is 0 Å². The number of amides is 1. The van der Waals surface area contributed by atoms with Crippen LogP contribution in [0.3, 0.4) is 0 Å². The van der Waals surface area contributed by atoms with Crippen LogP contribution in [0.5, 0.6) is 5.75 Å². The molecule has 0 spiro atoms. The first-order valence-corrected chi connectivity index (χ1v) is 6.61. The van der Waals surface area contributed by atoms with Crippen molar-refractivity contribution in [1.82, 2.24) is 10.3 Å². The average molecular weight is 262 g/mol. The second-order valence-electron chi connectivity index (χ2n) is 4.73. The van der Waals surface area contributed by atoms with Crippen LogP contribution in [-0.4, -0.2) is 29.8 Å². The first kappa shape index (κ1) is 13.5. The number of rotatable bonds is 5. The molecule has 1 aliphatic carbocycles. The van der Waals surface area contributed by atoms with E-state index in [2.05, 4.69) is 10.3 Å². The van der Waals surface area contributed by atoms with Gasteiger partial charge in [-0.2, -0.15) is 0 Å². The van der Waals surface area contributed by atoms with Gasteiger partial charge in [-0.05, 0) is 25.0 Å². The van der Waals surface area contributed by atoms with E-state index in [1.165, 1.54) is 25.5 Å². The molecule has 2 rings (SSSR count). The van der Waals surface area contributed by atoms with E-state index in [0.717, 1.165) is 12.8 Å². The molecule has 0 unspecified atom stereocenters. The largest absolute Gasteiger partial charge is 0.482 e. The first-order chi connectivity index (χ1) is 9.28. The highest BCUT2D eigenvalue weighted by Crippen LogP contribution is 2.17. The lowest BCUT2D eigenvalue weighted by molar-refractivity contribution is -0.124. The number of nitrogens with zero attached hydrogens (tertiary/aromatic N) is 1. The minimum atomic E-state index is -0.105. The lowest BCUT2D eigenvalue weighted by Gasteiger charge is -2.22. The molecule has 1 N–H and O–H groups in total. The molecule has 1 aromatic rings. The van der Waals surface area contributed by atoms with Gasteiger partial charge in [0.15, 0.2) is 12.9 Å². The number of nitrogens with one attached hydrogen (secondary N) is 1. The van der Waals surface area contributed by atoms with Crippen LogP contribution in [0.15, 0.2) is 18.3 Å². The SMILES string of the molecule is O=Cc1ccc(OCC(=O)NC2CCCCC2)cn1. The third kappa shape index (κ3) is 4.35. The van der Waals surface area contributed by atoms with Gasteiger partial charge < -0.3 is 10.1 Å². The van der Waals surface area contributed by atoms with E-state index in [0.29, 0.717) is 23.8 Å². The number of hydrogen-bond donors (Lipinski definition) is 1. The Kier molecular flexibility index (Phi) is 4.89. The van der Waals surface area contributed by atoms with E-state index >= 15 is 0 Å². The maximum absolute atomic E-state index is 11.7. The van der Waals surface area contributed by atoms with Crippen molar-refractivity contribution in [2.24, 2.45) is 0 Å². The minimum absolute atomic E-state index is 0.0153. The molecular weight excluding hydrogens is 244 g/mol. The van der Waals surface area contributed by atoms with E-state index in [9.17, 15) is 9.59 Å². The molecule has 1 aliphatic rings. The van der Waals surface area contributed by atoms with E-state index < -0.39 is 0 Å². The van der Waals surface area contributed by atoms with Gasteiger partial charge in [-0.15, -0.1) is 0 Å². The van der Waals surface area contributed by atoms with Gasteiger partial charge in [0.1, 0.15) is 11.4 Å². The van der Waals surface area contributed by atoms with Crippen LogP contribution in [0, 0.1) is 0 Å². The second-order valence-corrected chi connectivity index (χ2v) is 4.73. The summed E-state index contributed by atoms with van der Waals surface area (Å²) in [5.41, 5.74) is 0.346. The summed E-state index contributed by atoms with van der Waals surface area (Å²) in [6.45, 7) is -0.0153. The summed E-state index contributed by atoms with van der Waals surface area (Å²) in [6.07, 6.45) is 7.85. The van der Waals surface area contributed by atoms with Crippen LogP contribution in [0.4, 0.5) is 0 Å². The molecular formula is C14H18N2O3. The molecule has 1 saturated carbocycles. The molecule has 1 fully saturated rings. The molecule has 0 bridgehead atoms. The Bertz CT molecular complexity index is 425. The molecule has 1 amide bonds. The van der Waals surface area contributed by atoms with Crippen molar-refractivity contribution in [2.45, 2.75) is 38.1 Å². The number of aldehydes is 1. The topological polar surface area (TPSA) is 68.3 Å². The van der Waals surface area contributed by atoms with Gasteiger partial charge in [0.05, 0.1) is 6.20 Å². The van der Waals surface area contributed by atoms with E-state index in [1.54, 1.807) is 12.1 Å². The first-order valence-electron chi connectivity index (χ1n) is 6.61. The van der Waals surface area contributed by atoms with Gasteiger partial charge in [-0.3, -0.25) is 9.59 Å². The van der Waals surface area contributed by atoms with Crippen LogP contribution in [0.1, 0.15) is 42.6 Å². The van der Waals surface area contributed by atoms with E-state index in [1.807, 2.05) is 0 Å². The van der Waals surface area contributed by atoms with Crippen LogP contribution in [-0.2, 0) is 4.79 Å². The van der Waals surface area contributed by atoms with Crippen molar-refractivity contribution in [3.63, 3.8) is 0 Å². The Morgan fingerprint density at radius 2 is 2.16 bits per heavy atom. The number of hydrogen-bond acceptors (Lipinski definition) is 4. The van der Waals surface area contributed by atoms with Crippen molar-refractivity contribution in [1.29, 1.82) is 0 Å². The summed E-state index contributed by atoms with van der Waals surface area (Å²) < 4.78 is 5.32. The molecule has 0 radical (unpaired) electrons. The normalized spacial score (nSPS) is 15.8. The Labute approximate surface area is 112 Å². The number of carbonyl (C=O) groups excluding carboxylic acids is 2. The van der Waals surface area contributed by atoms with Gasteiger partial charge in [0.25, 0.3) is 5.91 Å². The predicted octanol–water partition coefficient (Wildman–Crippen LogP) is 1.72. The van der Waals surface area contributed by atoms with Crippen molar-refractivity contribution >= 4 is 12.2 Å². The lowest BCUT2D eigenvalue weighted by Crippen LogP contribution is -2.38. The quantitative estimate of drug-likeness (QED) is 0.820. The fourth-order valence-corrected chi connectivity index (χ4v) is 2.21. The lowest BCUT2D eigenvalue weighted by atomic mass is 9.95. The standard InChI is InChI=1S/C14H18N2O3/c17-9-12-6-7-13(8-15-12)19-10-14(18)16-11-4-2-1-3-5-11/h6-9,11H,1-5,10H2,(H,16,18). The van der Waals surface area contributed by atoms with E-state index in [-0.39, 0.29) is 12.5 Å². The van der Waals surface area contributed by atoms with Crippen molar-refractivity contribution in [3.8, 4) is 5.75 Å². The molecule has 1 heterocycles. The fraction of sp³-hybridized carbons (Fsp3) is 0.500. The van der Waals surface area contributed by atoms with Gasteiger partial charge >= 0.3 is 0 Å². The zero-order chi connectivity index (χ0) is 13.5. The average Bonchev–Trinajstić information content (AvgIpc) is 2.47. The zero-order valence-corrected chi connectivity index (χ0v) is 10.8. The molecule has 19 heavy (non-hydrogen) atoms. The number of aromatic nitrogens is 1. The molecule has 5 nitrogen and oxygen atoms in total. The molecule has 0 aromatic carbocycles. The molecule has 102 valence electrons. The van der Waals surface area contributed by atoms with Gasteiger partial charge in [0, 0.05) is 6.04 Å². The van der Waals surface area contributed by atoms with Crippen LogP contribution < -0.4 is 10.1 Å². The van der Waals surface area contributed by atoms with Gasteiger partial charge in [0.2, 0.25) is 0 Å². The minimum Gasteiger partial charge on any atom is -0.482 e. The monoisotopic (exact) mass is 262 g/mol. The summed E-state index contributed by atoms with van der Waals surface area (Å²) in [5, 5.41) is 2.97. The summed E-state index contributed by atoms with van der Waals surface area (Å²) in [5.74, 6) is 0.385. The molecule has 0 atom stereocenters. The highest BCUT2D eigenvalue weighted by atomic mass is 16.5. The van der Waals surface area contributed by atoms with E-state index in [4.69, 9.17) is 4.74 Å². The smallest absolute Gasteiger partial charge is 0.258 e. The zero-order valence-electron chi connectivity index (χ0n) is 10.8. The maximum atomic E-state index is 11.7. The maximum Gasteiger partial charge on any atom is 0.258 e. The molecule has 0 saturated heterocycles. The summed E-state index contributed by atoms with van der Waals surface area (Å²) >= 11 is 0. The van der Waals surface area contributed by atoms with Crippen molar-refractivity contribution in [3.05, 3.63) is 24.0 Å². The Morgan fingerprint density at radius 1 is 1.37 bits per heavy atom. The van der Waals surface area contributed by atoms with Crippen LogP contribution in [0.2, 0.25) is 0 Å². The highest BCUT2D eigenvalue weighted by Gasteiger charge is 2.15. The Morgan fingerprint density at radius 3 is 2.79 bits per heavy atom. The second kappa shape index (κ2) is 6.87. The van der Waals surface area contributed by atoms with Crippen LogP contribution >= 0.6 is 0 Å². The number of carbonyl (C=O) groups is 2. The van der Waals surface area contributed by atoms with Gasteiger partial charge in [-0.25, -0.2) is 4.98 Å². The number of ether oxygens (including phenoxy) is 1. The molecule has 1 aromatic heterocycles.